The highest BCUT2D eigenvalue weighted by Gasteiger charge is 2.35. The van der Waals surface area contributed by atoms with Crippen molar-refractivity contribution in [2.45, 2.75) is 6.92 Å². The smallest absolute Gasteiger partial charge is 0.438 e. The van der Waals surface area contributed by atoms with Crippen LogP contribution in [0.4, 0.5) is 5.69 Å². The second-order valence-corrected chi connectivity index (χ2v) is 9.33. The van der Waals surface area contributed by atoms with Gasteiger partial charge in [0.05, 0.1) is 18.6 Å². The van der Waals surface area contributed by atoms with Gasteiger partial charge in [0.25, 0.3) is 5.91 Å². The molecule has 3 aromatic carbocycles. The highest BCUT2D eigenvalue weighted by molar-refractivity contribution is 8.14. The molecule has 10 heteroatoms. The number of thioether (sulfide) groups is 1. The molecule has 0 bridgehead atoms. The lowest BCUT2D eigenvalue weighted by molar-refractivity contribution is -0.672. The van der Waals surface area contributed by atoms with Gasteiger partial charge in [-0.15, -0.1) is 0 Å². The third-order valence-electron chi connectivity index (χ3n) is 5.80. The van der Waals surface area contributed by atoms with E-state index in [-0.39, 0.29) is 23.1 Å². The number of aromatic amines is 1. The molecule has 5 rings (SSSR count). The summed E-state index contributed by atoms with van der Waals surface area (Å²) in [6, 6.07) is 23.6. The number of aromatic nitrogens is 2. The molecule has 38 heavy (non-hydrogen) atoms. The first-order valence-electron chi connectivity index (χ1n) is 11.6. The lowest BCUT2D eigenvalue weighted by Gasteiger charge is -2.17. The van der Waals surface area contributed by atoms with Crippen molar-refractivity contribution in [2.24, 2.45) is 4.99 Å². The molecule has 0 saturated heterocycles. The predicted octanol–water partition coefficient (Wildman–Crippen LogP) is 3.92. The Labute approximate surface area is 222 Å². The summed E-state index contributed by atoms with van der Waals surface area (Å²) >= 11 is 1.07. The number of aryl methyl sites for hydroxylation is 1. The number of hydrogen-bond acceptors (Lipinski definition) is 7. The van der Waals surface area contributed by atoms with Crippen molar-refractivity contribution in [1.29, 1.82) is 0 Å². The Morgan fingerprint density at radius 3 is 2.45 bits per heavy atom. The normalized spacial score (nSPS) is 14.2. The van der Waals surface area contributed by atoms with Gasteiger partial charge in [-0.3, -0.25) is 19.0 Å². The Bertz CT molecular complexity index is 1600. The number of rotatable bonds is 7. The molecule has 1 aliphatic rings. The van der Waals surface area contributed by atoms with Crippen molar-refractivity contribution in [1.82, 2.24) is 5.27 Å². The fourth-order valence-corrected chi connectivity index (χ4v) is 4.72. The molecule has 0 spiro atoms. The third-order valence-corrected chi connectivity index (χ3v) is 6.74. The van der Waals surface area contributed by atoms with Crippen LogP contribution in [0.5, 0.6) is 5.75 Å². The first-order valence-corrected chi connectivity index (χ1v) is 12.6. The minimum absolute atomic E-state index is 0.147. The standard InChI is InChI=1S/C28H22N4O5S/c1-18-8-10-19(11-9-18)16-23-26(34)31(20-6-4-3-5-7-20)28(29-23)38-17-24(33)25-27(35)37-30-32(25)21-12-14-22(36-2)15-13-21/h3-16H,17H2,1-2H3/p+1/b23-16+. The van der Waals surface area contributed by atoms with E-state index in [1.54, 1.807) is 49.6 Å². The summed E-state index contributed by atoms with van der Waals surface area (Å²) in [5.74, 6) is -0.310. The van der Waals surface area contributed by atoms with E-state index in [1.165, 1.54) is 9.58 Å². The number of benzene rings is 3. The van der Waals surface area contributed by atoms with E-state index in [1.807, 2.05) is 49.4 Å². The number of anilines is 1. The Morgan fingerprint density at radius 1 is 1.05 bits per heavy atom. The molecule has 0 unspecified atom stereocenters. The number of ether oxygens (including phenoxy) is 1. The Morgan fingerprint density at radius 2 is 1.76 bits per heavy atom. The summed E-state index contributed by atoms with van der Waals surface area (Å²) in [4.78, 5) is 45.0. The van der Waals surface area contributed by atoms with E-state index in [9.17, 15) is 14.4 Å². The van der Waals surface area contributed by atoms with Gasteiger partial charge in [-0.25, -0.2) is 9.79 Å². The number of carbonyl (C=O) groups is 2. The van der Waals surface area contributed by atoms with E-state index >= 15 is 0 Å². The maximum Gasteiger partial charge on any atom is 0.438 e. The van der Waals surface area contributed by atoms with Crippen molar-refractivity contribution in [2.75, 3.05) is 17.8 Å². The summed E-state index contributed by atoms with van der Waals surface area (Å²) in [6.45, 7) is 1.99. The van der Waals surface area contributed by atoms with Crippen molar-refractivity contribution >= 4 is 40.4 Å². The molecule has 0 atom stereocenters. The van der Waals surface area contributed by atoms with Gasteiger partial charge in [-0.2, -0.15) is 0 Å². The molecule has 1 N–H and O–H groups in total. The van der Waals surface area contributed by atoms with E-state index in [2.05, 4.69) is 10.3 Å². The van der Waals surface area contributed by atoms with Crippen LogP contribution in [0.1, 0.15) is 21.6 Å². The van der Waals surface area contributed by atoms with Crippen LogP contribution in [-0.2, 0) is 4.79 Å². The topological polar surface area (TPSA) is 109 Å². The Balaban J connectivity index is 1.43. The Kier molecular flexibility index (Phi) is 7.05. The highest BCUT2D eigenvalue weighted by atomic mass is 32.2. The van der Waals surface area contributed by atoms with Gasteiger partial charge in [0, 0.05) is 12.1 Å². The maximum atomic E-state index is 13.4. The number of amides is 1. The molecule has 2 heterocycles. The molecule has 9 nitrogen and oxygen atoms in total. The van der Waals surface area contributed by atoms with Crippen LogP contribution >= 0.6 is 11.8 Å². The molecule has 1 aromatic heterocycles. The second-order valence-electron chi connectivity index (χ2n) is 8.39. The quantitative estimate of drug-likeness (QED) is 0.222. The zero-order chi connectivity index (χ0) is 26.6. The van der Waals surface area contributed by atoms with E-state index in [4.69, 9.17) is 9.26 Å². The molecule has 0 aliphatic carbocycles. The van der Waals surface area contributed by atoms with Crippen LogP contribution in [0, 0.1) is 6.92 Å². The molecule has 1 aliphatic heterocycles. The summed E-state index contributed by atoms with van der Waals surface area (Å²) in [7, 11) is 1.55. The summed E-state index contributed by atoms with van der Waals surface area (Å²) in [6.07, 6.45) is 1.71. The molecule has 0 fully saturated rings. The lowest BCUT2D eigenvalue weighted by Crippen LogP contribution is -2.41. The largest absolute Gasteiger partial charge is 0.497 e. The van der Waals surface area contributed by atoms with Crippen LogP contribution in [0.25, 0.3) is 11.8 Å². The van der Waals surface area contributed by atoms with Crippen LogP contribution < -0.4 is 19.9 Å². The maximum absolute atomic E-state index is 13.4. The van der Waals surface area contributed by atoms with E-state index < -0.39 is 11.4 Å². The van der Waals surface area contributed by atoms with Gasteiger partial charge in [0.2, 0.25) is 11.5 Å². The summed E-state index contributed by atoms with van der Waals surface area (Å²) in [5.41, 5.74) is 2.37. The van der Waals surface area contributed by atoms with Crippen LogP contribution in [0.3, 0.4) is 0 Å². The van der Waals surface area contributed by atoms with Crippen LogP contribution in [0.15, 0.2) is 98.9 Å². The van der Waals surface area contributed by atoms with Gasteiger partial charge in [0.15, 0.2) is 5.17 Å². The van der Waals surface area contributed by atoms with Gasteiger partial charge in [0.1, 0.15) is 11.4 Å². The monoisotopic (exact) mass is 527 g/mol. The van der Waals surface area contributed by atoms with Crippen molar-refractivity contribution in [3.8, 4) is 11.4 Å². The summed E-state index contributed by atoms with van der Waals surface area (Å²) in [5, 5.41) is 2.81. The minimum atomic E-state index is -0.796. The van der Waals surface area contributed by atoms with Gasteiger partial charge in [-0.1, -0.05) is 59.8 Å². The second kappa shape index (κ2) is 10.7. The van der Waals surface area contributed by atoms with Crippen molar-refractivity contribution in [3.05, 3.63) is 112 Å². The van der Waals surface area contributed by atoms with Crippen molar-refractivity contribution in [3.63, 3.8) is 0 Å². The van der Waals surface area contributed by atoms with Crippen LogP contribution in [-0.4, -0.2) is 35.0 Å². The van der Waals surface area contributed by atoms with E-state index in [0.29, 0.717) is 22.3 Å². The minimum Gasteiger partial charge on any atom is -0.497 e. The van der Waals surface area contributed by atoms with E-state index in [0.717, 1.165) is 22.9 Å². The fourth-order valence-electron chi connectivity index (χ4n) is 3.84. The number of para-hydroxylation sites is 1. The Hall–Kier alpha value is -4.70. The third kappa shape index (κ3) is 5.07. The zero-order valence-corrected chi connectivity index (χ0v) is 21.4. The number of aliphatic imine (C=N–C) groups is 1. The molecular formula is C28H23N4O5S+. The van der Waals surface area contributed by atoms with Crippen LogP contribution in [0.2, 0.25) is 0 Å². The molecule has 0 saturated carbocycles. The number of amidine groups is 1. The number of nitrogens with zero attached hydrogens (tertiary/aromatic N) is 3. The van der Waals surface area contributed by atoms with Crippen molar-refractivity contribution < 1.29 is 23.5 Å². The zero-order valence-electron chi connectivity index (χ0n) is 20.6. The highest BCUT2D eigenvalue weighted by Crippen LogP contribution is 2.29. The molecule has 190 valence electrons. The number of H-pyrrole nitrogens is 1. The predicted molar refractivity (Wildman–Crippen MR) is 145 cm³/mol. The fraction of sp³-hybridized carbons (Fsp3) is 0.107. The first kappa shape index (κ1) is 25.0. The summed E-state index contributed by atoms with van der Waals surface area (Å²) < 4.78 is 11.4. The molecular weight excluding hydrogens is 504 g/mol. The number of Topliss-reactive ketones (excluding diaryl/α,β-unsaturated/α-hetero) is 1. The number of methoxy groups -OCH3 is 1. The molecule has 4 aromatic rings. The SMILES string of the molecule is COc1ccc(-[n+]2[nH]oc(=O)c2C(=O)CSC2=N/C(=C/c3ccc(C)cc3)C(=O)N2c2ccccc2)cc1. The van der Waals surface area contributed by atoms with Gasteiger partial charge in [-0.05, 0) is 52.8 Å². The number of hydrogen-bond donors (Lipinski definition) is 1. The average Bonchev–Trinajstić information content (AvgIpc) is 3.48. The number of ketones is 1. The first-order chi connectivity index (χ1) is 18.4. The molecule has 0 radical (unpaired) electrons. The van der Waals surface area contributed by atoms with Gasteiger partial charge < -0.3 is 4.74 Å². The number of nitrogens with one attached hydrogen (secondary N) is 1. The van der Waals surface area contributed by atoms with Gasteiger partial charge >= 0.3 is 11.3 Å². The number of carbonyl (C=O) groups excluding carboxylic acids is 2. The average molecular weight is 528 g/mol. The molecule has 1 amide bonds. The lowest BCUT2D eigenvalue weighted by atomic mass is 10.1.